The molecule has 0 bridgehead atoms. The molecule has 44 heavy (non-hydrogen) atoms. The Hall–Kier alpha value is -3.92. The van der Waals surface area contributed by atoms with E-state index in [0.717, 1.165) is 47.5 Å². The molecule has 0 radical (unpaired) electrons. The number of benzene rings is 4. The second-order valence-electron chi connectivity index (χ2n) is 11.9. The van der Waals surface area contributed by atoms with Crippen molar-refractivity contribution in [3.8, 4) is 22.6 Å². The van der Waals surface area contributed by atoms with Gasteiger partial charge in [0.15, 0.2) is 0 Å². The van der Waals surface area contributed by atoms with Crippen LogP contribution in [0.2, 0.25) is 0 Å². The molecule has 0 saturated heterocycles. The first kappa shape index (κ1) is 33.0. The fourth-order valence-corrected chi connectivity index (χ4v) is 5.32. The van der Waals surface area contributed by atoms with Crippen molar-refractivity contribution < 1.29 is 9.47 Å². The van der Waals surface area contributed by atoms with Gasteiger partial charge in [-0.25, -0.2) is 0 Å². The standard InChI is InChI=1S/C40H52N2O2/c1-5-9-11-31(7-3)29-43-39-25-21-37(22-26-39)41-35-17-13-33(14-18-35)34-15-19-36(20-16-34)42-38-23-27-40(28-24-38)44-30-32(8-4)12-10-6-2/h13-28,31-32,41-42H,5-12,29-30H2,1-4H3. The highest BCUT2D eigenvalue weighted by Crippen LogP contribution is 2.27. The van der Waals surface area contributed by atoms with Gasteiger partial charge in [0.05, 0.1) is 13.2 Å². The summed E-state index contributed by atoms with van der Waals surface area (Å²) >= 11 is 0. The van der Waals surface area contributed by atoms with Gasteiger partial charge in [-0.2, -0.15) is 0 Å². The largest absolute Gasteiger partial charge is 0.493 e. The zero-order valence-corrected chi connectivity index (χ0v) is 27.3. The molecule has 2 atom stereocenters. The number of hydrogen-bond acceptors (Lipinski definition) is 4. The summed E-state index contributed by atoms with van der Waals surface area (Å²) in [5.41, 5.74) is 6.59. The van der Waals surface area contributed by atoms with Crippen LogP contribution in [0.5, 0.6) is 11.5 Å². The van der Waals surface area contributed by atoms with Gasteiger partial charge >= 0.3 is 0 Å². The molecule has 2 N–H and O–H groups in total. The van der Waals surface area contributed by atoms with E-state index < -0.39 is 0 Å². The third-order valence-electron chi connectivity index (χ3n) is 8.45. The third-order valence-corrected chi connectivity index (χ3v) is 8.45. The third kappa shape index (κ3) is 10.7. The summed E-state index contributed by atoms with van der Waals surface area (Å²) in [5, 5.41) is 7.01. The van der Waals surface area contributed by atoms with Crippen LogP contribution >= 0.6 is 0 Å². The fourth-order valence-electron chi connectivity index (χ4n) is 5.32. The van der Waals surface area contributed by atoms with E-state index in [1.807, 2.05) is 0 Å². The lowest BCUT2D eigenvalue weighted by molar-refractivity contribution is 0.233. The maximum atomic E-state index is 6.06. The number of anilines is 4. The van der Waals surface area contributed by atoms with Gasteiger partial charge in [-0.15, -0.1) is 0 Å². The number of rotatable bonds is 19. The summed E-state index contributed by atoms with van der Waals surface area (Å²) < 4.78 is 12.1. The summed E-state index contributed by atoms with van der Waals surface area (Å²) in [4.78, 5) is 0. The Morgan fingerprint density at radius 1 is 0.455 bits per heavy atom. The maximum absolute atomic E-state index is 6.06. The van der Waals surface area contributed by atoms with Crippen molar-refractivity contribution in [3.63, 3.8) is 0 Å². The molecular formula is C40H52N2O2. The van der Waals surface area contributed by atoms with Crippen LogP contribution < -0.4 is 20.1 Å². The lowest BCUT2D eigenvalue weighted by Gasteiger charge is -2.16. The maximum Gasteiger partial charge on any atom is 0.119 e. The van der Waals surface area contributed by atoms with E-state index in [4.69, 9.17) is 9.47 Å². The number of nitrogens with one attached hydrogen (secondary N) is 2. The van der Waals surface area contributed by atoms with Crippen LogP contribution in [0.15, 0.2) is 97.1 Å². The second kappa shape index (κ2) is 18.0. The molecule has 0 aliphatic rings. The highest BCUT2D eigenvalue weighted by molar-refractivity contribution is 5.71. The molecule has 0 saturated carbocycles. The predicted octanol–water partition coefficient (Wildman–Crippen LogP) is 12.0. The topological polar surface area (TPSA) is 42.5 Å². The SMILES string of the molecule is CCCCC(CC)COc1ccc(Nc2ccc(-c3ccc(Nc4ccc(OCC(CC)CCCC)cc4)cc3)cc2)cc1. The normalized spacial score (nSPS) is 12.4. The molecule has 4 heteroatoms. The van der Waals surface area contributed by atoms with Crippen LogP contribution in [0.3, 0.4) is 0 Å². The van der Waals surface area contributed by atoms with E-state index in [1.54, 1.807) is 0 Å². The van der Waals surface area contributed by atoms with Gasteiger partial charge in [-0.3, -0.25) is 0 Å². The fraction of sp³-hybridized carbons (Fsp3) is 0.400. The van der Waals surface area contributed by atoms with Gasteiger partial charge in [0.1, 0.15) is 11.5 Å². The van der Waals surface area contributed by atoms with Crippen molar-refractivity contribution in [2.75, 3.05) is 23.8 Å². The van der Waals surface area contributed by atoms with Crippen LogP contribution in [0.25, 0.3) is 11.1 Å². The lowest BCUT2D eigenvalue weighted by Crippen LogP contribution is -2.11. The van der Waals surface area contributed by atoms with Crippen LogP contribution in [0, 0.1) is 11.8 Å². The predicted molar refractivity (Wildman–Crippen MR) is 189 cm³/mol. The molecule has 2 unspecified atom stereocenters. The van der Waals surface area contributed by atoms with Crippen molar-refractivity contribution in [3.05, 3.63) is 97.1 Å². The van der Waals surface area contributed by atoms with Crippen molar-refractivity contribution in [1.29, 1.82) is 0 Å². The highest BCUT2D eigenvalue weighted by Gasteiger charge is 2.08. The average molecular weight is 593 g/mol. The molecule has 4 aromatic carbocycles. The Balaban J connectivity index is 1.24. The zero-order valence-electron chi connectivity index (χ0n) is 27.3. The van der Waals surface area contributed by atoms with Crippen molar-refractivity contribution in [2.24, 2.45) is 11.8 Å². The first-order valence-electron chi connectivity index (χ1n) is 16.8. The molecule has 0 fully saturated rings. The molecule has 0 spiro atoms. The quantitative estimate of drug-likeness (QED) is 0.114. The van der Waals surface area contributed by atoms with Gasteiger partial charge < -0.3 is 20.1 Å². The molecule has 0 amide bonds. The highest BCUT2D eigenvalue weighted by atomic mass is 16.5. The molecule has 0 aromatic heterocycles. The first-order valence-corrected chi connectivity index (χ1v) is 16.8. The van der Waals surface area contributed by atoms with E-state index in [9.17, 15) is 0 Å². The van der Waals surface area contributed by atoms with Crippen LogP contribution in [-0.4, -0.2) is 13.2 Å². The molecule has 4 rings (SSSR count). The van der Waals surface area contributed by atoms with Crippen molar-refractivity contribution in [1.82, 2.24) is 0 Å². The Kier molecular flexibility index (Phi) is 13.5. The van der Waals surface area contributed by atoms with E-state index >= 15 is 0 Å². The van der Waals surface area contributed by atoms with E-state index in [0.29, 0.717) is 11.8 Å². The summed E-state index contributed by atoms with van der Waals surface area (Å²) in [5.74, 6) is 3.14. The zero-order chi connectivity index (χ0) is 31.0. The Bertz CT molecular complexity index is 1230. The smallest absolute Gasteiger partial charge is 0.119 e. The minimum Gasteiger partial charge on any atom is -0.493 e. The van der Waals surface area contributed by atoms with E-state index in [2.05, 4.69) is 135 Å². The minimum atomic E-state index is 0.634. The Labute approximate surface area is 266 Å². The number of ether oxygens (including phenoxy) is 2. The Morgan fingerprint density at radius 3 is 1.07 bits per heavy atom. The van der Waals surface area contributed by atoms with Crippen molar-refractivity contribution in [2.45, 2.75) is 79.1 Å². The summed E-state index contributed by atoms with van der Waals surface area (Å²) in [6.07, 6.45) is 9.85. The molecule has 4 nitrogen and oxygen atoms in total. The first-order chi connectivity index (χ1) is 21.6. The van der Waals surface area contributed by atoms with Gasteiger partial charge in [-0.05, 0) is 109 Å². The second-order valence-corrected chi connectivity index (χ2v) is 11.9. The van der Waals surface area contributed by atoms with Gasteiger partial charge in [-0.1, -0.05) is 90.5 Å². The van der Waals surface area contributed by atoms with Crippen LogP contribution in [0.1, 0.15) is 79.1 Å². The number of hydrogen-bond donors (Lipinski definition) is 2. The van der Waals surface area contributed by atoms with Crippen LogP contribution in [-0.2, 0) is 0 Å². The monoisotopic (exact) mass is 592 g/mol. The summed E-state index contributed by atoms with van der Waals surface area (Å²) in [6.45, 7) is 10.6. The van der Waals surface area contributed by atoms with Gasteiger partial charge in [0, 0.05) is 22.7 Å². The van der Waals surface area contributed by atoms with Gasteiger partial charge in [0.2, 0.25) is 0 Å². The molecule has 0 aliphatic heterocycles. The van der Waals surface area contributed by atoms with Crippen molar-refractivity contribution >= 4 is 22.7 Å². The number of unbranched alkanes of at least 4 members (excludes halogenated alkanes) is 2. The molecule has 0 heterocycles. The summed E-state index contributed by atoms with van der Waals surface area (Å²) in [6, 6.07) is 33.7. The van der Waals surface area contributed by atoms with E-state index in [-0.39, 0.29) is 0 Å². The molecule has 4 aromatic rings. The summed E-state index contributed by atoms with van der Waals surface area (Å²) in [7, 11) is 0. The molecule has 0 aliphatic carbocycles. The average Bonchev–Trinajstić information content (AvgIpc) is 3.07. The minimum absolute atomic E-state index is 0.634. The molecule has 234 valence electrons. The molecular weight excluding hydrogens is 540 g/mol. The van der Waals surface area contributed by atoms with E-state index in [1.165, 1.54) is 62.5 Å². The Morgan fingerprint density at radius 2 is 0.773 bits per heavy atom. The lowest BCUT2D eigenvalue weighted by atomic mass is 10.0. The van der Waals surface area contributed by atoms with Gasteiger partial charge in [0.25, 0.3) is 0 Å². The van der Waals surface area contributed by atoms with Crippen LogP contribution in [0.4, 0.5) is 22.7 Å².